The number of carbonyl (C=O) groups is 1. The molecule has 16 heavy (non-hydrogen) atoms. The molecule has 1 amide bonds. The highest BCUT2D eigenvalue weighted by Crippen LogP contribution is 2.40. The Hall–Kier alpha value is -1.42. The summed E-state index contributed by atoms with van der Waals surface area (Å²) in [7, 11) is 0. The summed E-state index contributed by atoms with van der Waals surface area (Å²) in [5, 5.41) is 3.22. The number of nitrogens with one attached hydrogen (secondary N) is 1. The van der Waals surface area contributed by atoms with E-state index >= 15 is 0 Å². The largest absolute Gasteiger partial charge is 0.489 e. The number of ether oxygens (including phenoxy) is 1. The van der Waals surface area contributed by atoms with E-state index in [0.717, 1.165) is 5.56 Å². The van der Waals surface area contributed by atoms with Gasteiger partial charge < -0.3 is 15.8 Å². The fourth-order valence-electron chi connectivity index (χ4n) is 1.57. The van der Waals surface area contributed by atoms with E-state index in [-0.39, 0.29) is 11.8 Å². The molecule has 0 spiro atoms. The molecule has 0 bridgehead atoms. The summed E-state index contributed by atoms with van der Waals surface area (Å²) >= 11 is 6.03. The number of carbonyl (C=O) groups excluding carboxylic acids is 1. The van der Waals surface area contributed by atoms with Crippen molar-refractivity contribution in [2.45, 2.75) is 13.8 Å². The van der Waals surface area contributed by atoms with Crippen LogP contribution in [0.5, 0.6) is 5.75 Å². The molecule has 1 aliphatic rings. The molecule has 0 aliphatic carbocycles. The molecule has 0 saturated heterocycles. The number of benzene rings is 1. The van der Waals surface area contributed by atoms with E-state index in [1.54, 1.807) is 13.0 Å². The van der Waals surface area contributed by atoms with E-state index in [1.165, 1.54) is 0 Å². The summed E-state index contributed by atoms with van der Waals surface area (Å²) in [6, 6.07) is 1.64. The molecular formula is C11H13ClN2O2. The molecule has 0 aromatic heterocycles. The topological polar surface area (TPSA) is 64.3 Å². The summed E-state index contributed by atoms with van der Waals surface area (Å²) < 4.78 is 5.53. The van der Waals surface area contributed by atoms with Crippen LogP contribution < -0.4 is 15.8 Å². The first kappa shape index (κ1) is 11.1. The van der Waals surface area contributed by atoms with Crippen molar-refractivity contribution in [1.82, 2.24) is 0 Å². The Morgan fingerprint density at radius 1 is 1.62 bits per heavy atom. The first-order chi connectivity index (χ1) is 7.50. The van der Waals surface area contributed by atoms with Gasteiger partial charge in [0.25, 0.3) is 0 Å². The molecule has 0 fully saturated rings. The van der Waals surface area contributed by atoms with E-state index in [1.807, 2.05) is 6.92 Å². The SMILES string of the molecule is Cc1c(N)cc(Cl)c2c1NC(=O)C(C)CO2. The van der Waals surface area contributed by atoms with E-state index in [0.29, 0.717) is 28.8 Å². The van der Waals surface area contributed by atoms with Crippen LogP contribution >= 0.6 is 11.6 Å². The maximum Gasteiger partial charge on any atom is 0.230 e. The summed E-state index contributed by atoms with van der Waals surface area (Å²) in [5.74, 6) is 0.221. The second kappa shape index (κ2) is 3.87. The van der Waals surface area contributed by atoms with Crippen molar-refractivity contribution in [2.24, 2.45) is 5.92 Å². The number of halogens is 1. The van der Waals surface area contributed by atoms with Crippen molar-refractivity contribution >= 4 is 28.9 Å². The zero-order chi connectivity index (χ0) is 11.9. The first-order valence-electron chi connectivity index (χ1n) is 5.03. The smallest absolute Gasteiger partial charge is 0.230 e. The van der Waals surface area contributed by atoms with Crippen LogP contribution in [-0.2, 0) is 4.79 Å². The number of hydrogen-bond donors (Lipinski definition) is 2. The Kier molecular flexibility index (Phi) is 2.68. The van der Waals surface area contributed by atoms with Crippen LogP contribution in [0.2, 0.25) is 5.02 Å². The minimum absolute atomic E-state index is 0.0801. The number of rotatable bonds is 0. The van der Waals surface area contributed by atoms with Crippen LogP contribution in [0.1, 0.15) is 12.5 Å². The van der Waals surface area contributed by atoms with Gasteiger partial charge in [0, 0.05) is 5.69 Å². The number of anilines is 2. The molecule has 4 nitrogen and oxygen atoms in total. The first-order valence-corrected chi connectivity index (χ1v) is 5.40. The van der Waals surface area contributed by atoms with Crippen LogP contribution in [0, 0.1) is 12.8 Å². The monoisotopic (exact) mass is 240 g/mol. The van der Waals surface area contributed by atoms with Crippen molar-refractivity contribution in [3.8, 4) is 5.75 Å². The molecule has 3 N–H and O–H groups in total. The lowest BCUT2D eigenvalue weighted by Gasteiger charge is -2.13. The molecule has 1 aliphatic heterocycles. The Morgan fingerprint density at radius 2 is 2.31 bits per heavy atom. The van der Waals surface area contributed by atoms with Gasteiger partial charge in [-0.05, 0) is 18.6 Å². The molecular weight excluding hydrogens is 228 g/mol. The predicted molar refractivity (Wildman–Crippen MR) is 63.9 cm³/mol. The molecule has 1 atom stereocenters. The highest BCUT2D eigenvalue weighted by molar-refractivity contribution is 6.33. The third kappa shape index (κ3) is 1.69. The van der Waals surface area contributed by atoms with Gasteiger partial charge in [0.15, 0.2) is 5.75 Å². The Morgan fingerprint density at radius 3 is 3.00 bits per heavy atom. The summed E-state index contributed by atoms with van der Waals surface area (Å²) in [6.07, 6.45) is 0. The predicted octanol–water partition coefficient (Wildman–Crippen LogP) is 2.20. The van der Waals surface area contributed by atoms with Gasteiger partial charge in [-0.3, -0.25) is 4.79 Å². The molecule has 1 aromatic carbocycles. The van der Waals surface area contributed by atoms with E-state index in [2.05, 4.69) is 5.32 Å². The number of fused-ring (bicyclic) bond motifs is 1. The van der Waals surface area contributed by atoms with Crippen LogP contribution in [0.25, 0.3) is 0 Å². The van der Waals surface area contributed by atoms with Crippen molar-refractivity contribution in [3.63, 3.8) is 0 Å². The van der Waals surface area contributed by atoms with Gasteiger partial charge in [-0.15, -0.1) is 0 Å². The Balaban J connectivity index is 2.57. The molecule has 5 heteroatoms. The van der Waals surface area contributed by atoms with Crippen molar-refractivity contribution in [1.29, 1.82) is 0 Å². The maximum absolute atomic E-state index is 11.7. The third-order valence-corrected chi connectivity index (χ3v) is 2.99. The van der Waals surface area contributed by atoms with Crippen molar-refractivity contribution in [2.75, 3.05) is 17.7 Å². The maximum atomic E-state index is 11.7. The van der Waals surface area contributed by atoms with Crippen molar-refractivity contribution < 1.29 is 9.53 Å². The summed E-state index contributed by atoms with van der Waals surface area (Å²) in [6.45, 7) is 3.94. The normalized spacial score (nSPS) is 19.4. The lowest BCUT2D eigenvalue weighted by atomic mass is 10.1. The number of amides is 1. The van der Waals surface area contributed by atoms with Gasteiger partial charge in [0.1, 0.15) is 0 Å². The fourth-order valence-corrected chi connectivity index (χ4v) is 1.83. The lowest BCUT2D eigenvalue weighted by Crippen LogP contribution is -2.22. The third-order valence-electron chi connectivity index (χ3n) is 2.71. The molecule has 0 radical (unpaired) electrons. The Bertz CT molecular complexity index is 460. The molecule has 1 unspecified atom stereocenters. The standard InChI is InChI=1S/C11H13ClN2O2/c1-5-4-16-10-7(12)3-8(13)6(2)9(10)14-11(5)15/h3,5H,4,13H2,1-2H3,(H,14,15). The molecule has 2 rings (SSSR count). The van der Waals surface area contributed by atoms with Gasteiger partial charge >= 0.3 is 0 Å². The van der Waals surface area contributed by atoms with Crippen LogP contribution in [0.15, 0.2) is 6.07 Å². The van der Waals surface area contributed by atoms with E-state index in [4.69, 9.17) is 22.1 Å². The second-order valence-corrected chi connectivity index (χ2v) is 4.39. The average Bonchev–Trinajstić information content (AvgIpc) is 2.37. The van der Waals surface area contributed by atoms with Crippen molar-refractivity contribution in [3.05, 3.63) is 16.7 Å². The second-order valence-electron chi connectivity index (χ2n) is 3.98. The average molecular weight is 241 g/mol. The number of nitrogen functional groups attached to an aromatic ring is 1. The van der Waals surface area contributed by atoms with Gasteiger partial charge in [-0.25, -0.2) is 0 Å². The van der Waals surface area contributed by atoms with Crippen LogP contribution in [-0.4, -0.2) is 12.5 Å². The number of nitrogens with two attached hydrogens (primary N) is 1. The quantitative estimate of drug-likeness (QED) is 0.684. The van der Waals surface area contributed by atoms with Crippen LogP contribution in [0.3, 0.4) is 0 Å². The van der Waals surface area contributed by atoms with Gasteiger partial charge in [-0.2, -0.15) is 0 Å². The highest BCUT2D eigenvalue weighted by Gasteiger charge is 2.24. The van der Waals surface area contributed by atoms with Gasteiger partial charge in [-0.1, -0.05) is 18.5 Å². The molecule has 0 saturated carbocycles. The fraction of sp³-hybridized carbons (Fsp3) is 0.364. The van der Waals surface area contributed by atoms with Crippen LogP contribution in [0.4, 0.5) is 11.4 Å². The summed E-state index contributed by atoms with van der Waals surface area (Å²) in [4.78, 5) is 11.7. The highest BCUT2D eigenvalue weighted by atomic mass is 35.5. The van der Waals surface area contributed by atoms with Gasteiger partial charge in [0.2, 0.25) is 5.91 Å². The van der Waals surface area contributed by atoms with Gasteiger partial charge in [0.05, 0.1) is 23.2 Å². The molecule has 1 heterocycles. The lowest BCUT2D eigenvalue weighted by molar-refractivity contribution is -0.119. The number of hydrogen-bond acceptors (Lipinski definition) is 3. The minimum Gasteiger partial charge on any atom is -0.489 e. The molecule has 86 valence electrons. The zero-order valence-electron chi connectivity index (χ0n) is 9.13. The minimum atomic E-state index is -0.205. The summed E-state index contributed by atoms with van der Waals surface area (Å²) in [5.41, 5.74) is 7.69. The molecule has 1 aromatic rings. The van der Waals surface area contributed by atoms with E-state index in [9.17, 15) is 4.79 Å². The Labute approximate surface area is 98.7 Å². The zero-order valence-corrected chi connectivity index (χ0v) is 9.89. The van der Waals surface area contributed by atoms with E-state index < -0.39 is 0 Å².